The fourth-order valence-corrected chi connectivity index (χ4v) is 5.22. The average molecular weight is 429 g/mol. The Balaban J connectivity index is 1.72. The monoisotopic (exact) mass is 429 g/mol. The Kier molecular flexibility index (Phi) is 6.27. The molecule has 0 bridgehead atoms. The predicted octanol–water partition coefficient (Wildman–Crippen LogP) is 1.94. The van der Waals surface area contributed by atoms with Gasteiger partial charge in [-0.1, -0.05) is 30.3 Å². The van der Waals surface area contributed by atoms with Gasteiger partial charge in [0.05, 0.1) is 23.0 Å². The second-order valence-corrected chi connectivity index (χ2v) is 9.60. The standard InChI is InChI=1S/C21H23N3O5S/c1-14-15(2)24(11-16-6-4-3-5-7-16)20(18(14)10-22)23-19(25)12-29-21(26)17-8-9-30(27,28)13-17/h3-7,17H,8-9,11-13H2,1-2H3,(H,23,25). The molecule has 1 aliphatic rings. The molecule has 1 fully saturated rings. The summed E-state index contributed by atoms with van der Waals surface area (Å²) in [5.41, 5.74) is 2.96. The average Bonchev–Trinajstić information content (AvgIpc) is 3.19. The third-order valence-corrected chi connectivity index (χ3v) is 7.06. The summed E-state index contributed by atoms with van der Waals surface area (Å²) in [6.45, 7) is 3.60. The second-order valence-electron chi connectivity index (χ2n) is 7.37. The van der Waals surface area contributed by atoms with E-state index >= 15 is 0 Å². The number of amides is 1. The lowest BCUT2D eigenvalue weighted by molar-refractivity contribution is -0.150. The van der Waals surface area contributed by atoms with Crippen LogP contribution < -0.4 is 5.32 Å². The van der Waals surface area contributed by atoms with Crippen LogP contribution in [0.15, 0.2) is 30.3 Å². The quantitative estimate of drug-likeness (QED) is 0.701. The summed E-state index contributed by atoms with van der Waals surface area (Å²) >= 11 is 0. The number of nitrogens with zero attached hydrogens (tertiary/aromatic N) is 2. The maximum Gasteiger partial charge on any atom is 0.310 e. The molecule has 1 unspecified atom stereocenters. The number of rotatable bonds is 6. The van der Waals surface area contributed by atoms with Crippen LogP contribution in [0.4, 0.5) is 5.82 Å². The summed E-state index contributed by atoms with van der Waals surface area (Å²) < 4.78 is 29.8. The summed E-state index contributed by atoms with van der Waals surface area (Å²) in [6.07, 6.45) is 0.208. The molecule has 0 saturated carbocycles. The topological polar surface area (TPSA) is 118 Å². The van der Waals surface area contributed by atoms with Crippen LogP contribution in [-0.2, 0) is 30.7 Å². The SMILES string of the molecule is Cc1c(C#N)c(NC(=O)COC(=O)C2CCS(=O)(=O)C2)n(Cc2ccccc2)c1C. The molecule has 1 saturated heterocycles. The van der Waals surface area contributed by atoms with Gasteiger partial charge in [-0.05, 0) is 31.4 Å². The van der Waals surface area contributed by atoms with Crippen molar-refractivity contribution in [3.8, 4) is 6.07 Å². The van der Waals surface area contributed by atoms with Crippen molar-refractivity contribution in [2.45, 2.75) is 26.8 Å². The molecule has 0 spiro atoms. The van der Waals surface area contributed by atoms with Gasteiger partial charge in [0, 0.05) is 12.2 Å². The zero-order valence-corrected chi connectivity index (χ0v) is 17.7. The molecule has 1 aromatic heterocycles. The maximum atomic E-state index is 12.4. The van der Waals surface area contributed by atoms with Gasteiger partial charge >= 0.3 is 5.97 Å². The smallest absolute Gasteiger partial charge is 0.310 e. The fraction of sp³-hybridized carbons (Fsp3) is 0.381. The number of hydrogen-bond acceptors (Lipinski definition) is 6. The number of aromatic nitrogens is 1. The molecule has 8 nitrogen and oxygen atoms in total. The van der Waals surface area contributed by atoms with Gasteiger partial charge in [-0.3, -0.25) is 9.59 Å². The summed E-state index contributed by atoms with van der Waals surface area (Å²) in [5.74, 6) is -1.96. The van der Waals surface area contributed by atoms with E-state index in [2.05, 4.69) is 11.4 Å². The Labute approximate surface area is 175 Å². The van der Waals surface area contributed by atoms with E-state index in [0.29, 0.717) is 17.9 Å². The molecule has 2 heterocycles. The van der Waals surface area contributed by atoms with Crippen LogP contribution in [0.3, 0.4) is 0 Å². The molecule has 2 aromatic rings. The molecule has 0 aliphatic carbocycles. The summed E-state index contributed by atoms with van der Waals surface area (Å²) in [6, 6.07) is 11.7. The van der Waals surface area contributed by atoms with E-state index in [1.54, 1.807) is 0 Å². The van der Waals surface area contributed by atoms with Gasteiger partial charge < -0.3 is 14.6 Å². The molecule has 0 radical (unpaired) electrons. The Bertz CT molecular complexity index is 1110. The number of benzene rings is 1. The Hall–Kier alpha value is -3.12. The van der Waals surface area contributed by atoms with Crippen LogP contribution in [0.5, 0.6) is 0 Å². The first kappa shape index (κ1) is 21.6. The predicted molar refractivity (Wildman–Crippen MR) is 111 cm³/mol. The number of carbonyl (C=O) groups is 2. The van der Waals surface area contributed by atoms with Gasteiger partial charge in [0.25, 0.3) is 5.91 Å². The minimum absolute atomic E-state index is 0.0456. The number of ether oxygens (including phenoxy) is 1. The Morgan fingerprint density at radius 2 is 1.97 bits per heavy atom. The second kappa shape index (κ2) is 8.71. The van der Waals surface area contributed by atoms with Gasteiger partial charge in [-0.25, -0.2) is 8.42 Å². The van der Waals surface area contributed by atoms with Crippen LogP contribution >= 0.6 is 0 Å². The van der Waals surface area contributed by atoms with Crippen molar-refractivity contribution in [3.05, 3.63) is 52.7 Å². The highest BCUT2D eigenvalue weighted by Crippen LogP contribution is 2.27. The van der Waals surface area contributed by atoms with Gasteiger partial charge in [0.1, 0.15) is 11.9 Å². The normalized spacial score (nSPS) is 17.3. The van der Waals surface area contributed by atoms with Crippen molar-refractivity contribution in [1.82, 2.24) is 4.57 Å². The van der Waals surface area contributed by atoms with E-state index < -0.39 is 34.2 Å². The van der Waals surface area contributed by atoms with Crippen molar-refractivity contribution < 1.29 is 22.7 Å². The third-order valence-electron chi connectivity index (χ3n) is 5.29. The zero-order chi connectivity index (χ0) is 21.9. The number of nitriles is 1. The summed E-state index contributed by atoms with van der Waals surface area (Å²) in [4.78, 5) is 24.5. The molecule has 1 amide bonds. The van der Waals surface area contributed by atoms with E-state index in [-0.39, 0.29) is 17.9 Å². The number of anilines is 1. The van der Waals surface area contributed by atoms with E-state index in [1.165, 1.54) is 0 Å². The van der Waals surface area contributed by atoms with Crippen molar-refractivity contribution in [1.29, 1.82) is 5.26 Å². The number of sulfone groups is 1. The highest BCUT2D eigenvalue weighted by atomic mass is 32.2. The lowest BCUT2D eigenvalue weighted by Gasteiger charge is -2.14. The lowest BCUT2D eigenvalue weighted by atomic mass is 10.1. The maximum absolute atomic E-state index is 12.4. The summed E-state index contributed by atoms with van der Waals surface area (Å²) in [7, 11) is -3.21. The van der Waals surface area contributed by atoms with Crippen molar-refractivity contribution >= 4 is 27.5 Å². The minimum Gasteiger partial charge on any atom is -0.455 e. The van der Waals surface area contributed by atoms with Crippen LogP contribution in [0.2, 0.25) is 0 Å². The first-order valence-electron chi connectivity index (χ1n) is 9.52. The van der Waals surface area contributed by atoms with Gasteiger partial charge in [0.15, 0.2) is 16.4 Å². The van der Waals surface area contributed by atoms with Crippen molar-refractivity contribution in [3.63, 3.8) is 0 Å². The van der Waals surface area contributed by atoms with Crippen LogP contribution in [0.1, 0.15) is 28.8 Å². The first-order valence-corrected chi connectivity index (χ1v) is 11.3. The highest BCUT2D eigenvalue weighted by molar-refractivity contribution is 7.91. The van der Waals surface area contributed by atoms with E-state index in [0.717, 1.165) is 16.8 Å². The van der Waals surface area contributed by atoms with Crippen LogP contribution in [0, 0.1) is 31.1 Å². The molecule has 1 aliphatic heterocycles. The number of nitrogens with one attached hydrogen (secondary N) is 1. The Morgan fingerprint density at radius 1 is 1.27 bits per heavy atom. The molecule has 3 rings (SSSR count). The molecule has 30 heavy (non-hydrogen) atoms. The molecular weight excluding hydrogens is 406 g/mol. The largest absolute Gasteiger partial charge is 0.455 e. The highest BCUT2D eigenvalue weighted by Gasteiger charge is 2.34. The van der Waals surface area contributed by atoms with Crippen LogP contribution in [-0.4, -0.2) is 43.0 Å². The first-order chi connectivity index (χ1) is 14.2. The van der Waals surface area contributed by atoms with E-state index in [4.69, 9.17) is 4.74 Å². The van der Waals surface area contributed by atoms with E-state index in [9.17, 15) is 23.3 Å². The summed E-state index contributed by atoms with van der Waals surface area (Å²) in [5, 5.41) is 12.3. The third kappa shape index (κ3) is 4.71. The molecule has 1 atom stereocenters. The van der Waals surface area contributed by atoms with Gasteiger partial charge in [0.2, 0.25) is 0 Å². The lowest BCUT2D eigenvalue weighted by Crippen LogP contribution is -2.26. The molecule has 158 valence electrons. The molecule has 1 aromatic carbocycles. The van der Waals surface area contributed by atoms with E-state index in [1.807, 2.05) is 48.7 Å². The fourth-order valence-electron chi connectivity index (χ4n) is 3.50. The molecule has 9 heteroatoms. The Morgan fingerprint density at radius 3 is 2.57 bits per heavy atom. The minimum atomic E-state index is -3.21. The van der Waals surface area contributed by atoms with Crippen LogP contribution in [0.25, 0.3) is 0 Å². The number of carbonyl (C=O) groups excluding carboxylic acids is 2. The zero-order valence-electron chi connectivity index (χ0n) is 16.8. The molecular formula is C21H23N3O5S. The number of hydrogen-bond donors (Lipinski definition) is 1. The number of esters is 1. The molecule has 1 N–H and O–H groups in total. The van der Waals surface area contributed by atoms with Gasteiger partial charge in [-0.2, -0.15) is 5.26 Å². The van der Waals surface area contributed by atoms with Crippen molar-refractivity contribution in [2.24, 2.45) is 5.92 Å². The van der Waals surface area contributed by atoms with Gasteiger partial charge in [-0.15, -0.1) is 0 Å². The van der Waals surface area contributed by atoms with Crippen molar-refractivity contribution in [2.75, 3.05) is 23.4 Å².